The number of hydrogen-bond donors (Lipinski definition) is 1. The zero-order chi connectivity index (χ0) is 15.6. The van der Waals surface area contributed by atoms with Crippen LogP contribution in [0, 0.1) is 6.92 Å². The van der Waals surface area contributed by atoms with Gasteiger partial charge in [0.1, 0.15) is 4.87 Å². The van der Waals surface area contributed by atoms with Crippen LogP contribution in [0.1, 0.15) is 22.3 Å². The van der Waals surface area contributed by atoms with Gasteiger partial charge < -0.3 is 5.73 Å². The molecular weight excluding hydrogens is 290 g/mol. The van der Waals surface area contributed by atoms with Crippen molar-refractivity contribution in [1.29, 1.82) is 0 Å². The number of alkyl halides is 1. The molecule has 0 amide bonds. The number of para-hydroxylation sites is 1. The molecule has 3 aromatic carbocycles. The van der Waals surface area contributed by atoms with Crippen molar-refractivity contribution in [2.45, 2.75) is 11.8 Å². The molecule has 0 aliphatic rings. The van der Waals surface area contributed by atoms with E-state index in [0.29, 0.717) is 5.69 Å². The molecule has 0 saturated carbocycles. The Morgan fingerprint density at radius 1 is 0.727 bits per heavy atom. The molecule has 0 saturated heterocycles. The molecule has 1 atom stereocenters. The van der Waals surface area contributed by atoms with Gasteiger partial charge in [-0.05, 0) is 24.1 Å². The fourth-order valence-electron chi connectivity index (χ4n) is 2.74. The molecule has 1 nitrogen and oxygen atoms in total. The second-order valence-electron chi connectivity index (χ2n) is 5.48. The van der Waals surface area contributed by atoms with Crippen LogP contribution in [0.4, 0.5) is 5.69 Å². The lowest BCUT2D eigenvalue weighted by molar-refractivity contribution is 0.882. The van der Waals surface area contributed by atoms with Crippen molar-refractivity contribution in [2.75, 3.05) is 5.73 Å². The SMILES string of the molecule is Cc1ccc(C(Cl)(c2ccccc2)c2ccccc2N)cc1. The highest BCUT2D eigenvalue weighted by atomic mass is 35.5. The maximum Gasteiger partial charge on any atom is 0.121 e. The van der Waals surface area contributed by atoms with E-state index >= 15 is 0 Å². The van der Waals surface area contributed by atoms with Crippen LogP contribution in [-0.2, 0) is 4.87 Å². The minimum Gasteiger partial charge on any atom is -0.398 e. The number of halogens is 1. The Balaban J connectivity index is 2.27. The van der Waals surface area contributed by atoms with E-state index in [2.05, 4.69) is 31.2 Å². The van der Waals surface area contributed by atoms with Crippen LogP contribution < -0.4 is 5.73 Å². The van der Waals surface area contributed by atoms with E-state index in [1.165, 1.54) is 5.56 Å². The molecule has 22 heavy (non-hydrogen) atoms. The van der Waals surface area contributed by atoms with Crippen LogP contribution in [0.3, 0.4) is 0 Å². The monoisotopic (exact) mass is 307 g/mol. The highest BCUT2D eigenvalue weighted by Crippen LogP contribution is 2.45. The Hall–Kier alpha value is -2.25. The zero-order valence-electron chi connectivity index (χ0n) is 12.5. The maximum absolute atomic E-state index is 7.19. The molecule has 0 aliphatic carbocycles. The van der Waals surface area contributed by atoms with E-state index in [1.54, 1.807) is 0 Å². The molecule has 2 N–H and O–H groups in total. The van der Waals surface area contributed by atoms with E-state index in [-0.39, 0.29) is 0 Å². The third kappa shape index (κ3) is 2.49. The molecule has 0 aliphatic heterocycles. The fraction of sp³-hybridized carbons (Fsp3) is 0.100. The van der Waals surface area contributed by atoms with Crippen molar-refractivity contribution in [3.8, 4) is 0 Å². The van der Waals surface area contributed by atoms with Crippen molar-refractivity contribution in [3.63, 3.8) is 0 Å². The Kier molecular flexibility index (Phi) is 3.91. The lowest BCUT2D eigenvalue weighted by Gasteiger charge is -2.30. The predicted molar refractivity (Wildman–Crippen MR) is 94.2 cm³/mol. The summed E-state index contributed by atoms with van der Waals surface area (Å²) in [4.78, 5) is -0.791. The molecule has 2 heteroatoms. The van der Waals surface area contributed by atoms with Gasteiger partial charge in [-0.1, -0.05) is 78.4 Å². The van der Waals surface area contributed by atoms with Crippen LogP contribution >= 0.6 is 11.6 Å². The molecule has 0 bridgehead atoms. The molecule has 0 fully saturated rings. The van der Waals surface area contributed by atoms with Crippen molar-refractivity contribution < 1.29 is 0 Å². The van der Waals surface area contributed by atoms with Crippen molar-refractivity contribution >= 4 is 17.3 Å². The van der Waals surface area contributed by atoms with E-state index in [0.717, 1.165) is 16.7 Å². The molecule has 0 radical (unpaired) electrons. The Morgan fingerprint density at radius 3 is 1.91 bits per heavy atom. The molecular formula is C20H18ClN. The first-order valence-electron chi connectivity index (χ1n) is 7.29. The van der Waals surface area contributed by atoms with Gasteiger partial charge in [-0.25, -0.2) is 0 Å². The third-order valence-corrected chi connectivity index (χ3v) is 4.59. The number of rotatable bonds is 3. The lowest BCUT2D eigenvalue weighted by Crippen LogP contribution is -2.23. The summed E-state index contributed by atoms with van der Waals surface area (Å²) < 4.78 is 0. The van der Waals surface area contributed by atoms with Gasteiger partial charge in [0.15, 0.2) is 0 Å². The van der Waals surface area contributed by atoms with Crippen LogP contribution in [0.25, 0.3) is 0 Å². The van der Waals surface area contributed by atoms with Gasteiger partial charge in [-0.15, -0.1) is 11.6 Å². The summed E-state index contributed by atoms with van der Waals surface area (Å²) in [5.41, 5.74) is 11.1. The second kappa shape index (κ2) is 5.86. The Bertz CT molecular complexity index is 765. The number of anilines is 1. The van der Waals surface area contributed by atoms with Crippen LogP contribution in [0.15, 0.2) is 78.9 Å². The lowest BCUT2D eigenvalue weighted by atomic mass is 9.83. The summed E-state index contributed by atoms with van der Waals surface area (Å²) >= 11 is 7.19. The van der Waals surface area contributed by atoms with E-state index < -0.39 is 4.87 Å². The van der Waals surface area contributed by atoms with E-state index in [1.807, 2.05) is 54.6 Å². The average Bonchev–Trinajstić information content (AvgIpc) is 2.56. The first-order chi connectivity index (χ1) is 10.6. The van der Waals surface area contributed by atoms with Gasteiger partial charge in [0.25, 0.3) is 0 Å². The fourth-order valence-corrected chi connectivity index (χ4v) is 3.16. The van der Waals surface area contributed by atoms with E-state index in [4.69, 9.17) is 17.3 Å². The average molecular weight is 308 g/mol. The first-order valence-corrected chi connectivity index (χ1v) is 7.67. The largest absolute Gasteiger partial charge is 0.398 e. The molecule has 0 spiro atoms. The second-order valence-corrected chi connectivity index (χ2v) is 6.04. The van der Waals surface area contributed by atoms with Crippen LogP contribution in [0.2, 0.25) is 0 Å². The minimum absolute atomic E-state index is 0.696. The molecule has 0 aromatic heterocycles. The third-order valence-electron chi connectivity index (χ3n) is 3.95. The number of nitrogens with two attached hydrogens (primary N) is 1. The Labute approximate surface area is 136 Å². The quantitative estimate of drug-likeness (QED) is 0.406. The summed E-state index contributed by atoms with van der Waals surface area (Å²) in [7, 11) is 0. The van der Waals surface area contributed by atoms with Crippen molar-refractivity contribution in [1.82, 2.24) is 0 Å². The highest BCUT2D eigenvalue weighted by Gasteiger charge is 2.35. The predicted octanol–water partition coefficient (Wildman–Crippen LogP) is 5.11. The minimum atomic E-state index is -0.791. The normalized spacial score (nSPS) is 13.5. The van der Waals surface area contributed by atoms with Crippen molar-refractivity contribution in [3.05, 3.63) is 101 Å². The first kappa shape index (κ1) is 14.7. The van der Waals surface area contributed by atoms with Crippen molar-refractivity contribution in [2.24, 2.45) is 0 Å². The Morgan fingerprint density at radius 2 is 1.27 bits per heavy atom. The van der Waals surface area contributed by atoms with Gasteiger partial charge in [-0.2, -0.15) is 0 Å². The standard InChI is InChI=1S/C20H18ClN/c1-15-11-13-17(14-12-15)20(21,16-7-3-2-4-8-16)18-9-5-6-10-19(18)22/h2-14H,22H2,1H3. The summed E-state index contributed by atoms with van der Waals surface area (Å²) in [5.74, 6) is 0. The van der Waals surface area contributed by atoms with Gasteiger partial charge in [0.05, 0.1) is 0 Å². The van der Waals surface area contributed by atoms with Gasteiger partial charge >= 0.3 is 0 Å². The zero-order valence-corrected chi connectivity index (χ0v) is 13.2. The summed E-state index contributed by atoms with van der Waals surface area (Å²) in [6.45, 7) is 2.07. The van der Waals surface area contributed by atoms with E-state index in [9.17, 15) is 0 Å². The number of hydrogen-bond acceptors (Lipinski definition) is 1. The molecule has 1 unspecified atom stereocenters. The van der Waals surface area contributed by atoms with Crippen LogP contribution in [-0.4, -0.2) is 0 Å². The van der Waals surface area contributed by atoms with Crippen LogP contribution in [0.5, 0.6) is 0 Å². The summed E-state index contributed by atoms with van der Waals surface area (Å²) in [6, 6.07) is 26.2. The smallest absolute Gasteiger partial charge is 0.121 e. The highest BCUT2D eigenvalue weighted by molar-refractivity contribution is 6.28. The van der Waals surface area contributed by atoms with Gasteiger partial charge in [0.2, 0.25) is 0 Å². The summed E-state index contributed by atoms with van der Waals surface area (Å²) in [6.07, 6.45) is 0. The van der Waals surface area contributed by atoms with Gasteiger partial charge in [-0.3, -0.25) is 0 Å². The topological polar surface area (TPSA) is 26.0 Å². The maximum atomic E-state index is 7.19. The number of benzene rings is 3. The number of aryl methyl sites for hydroxylation is 1. The molecule has 3 rings (SSSR count). The molecule has 0 heterocycles. The molecule has 3 aromatic rings. The number of nitrogen functional groups attached to an aromatic ring is 1. The molecule has 110 valence electrons. The van der Waals surface area contributed by atoms with Gasteiger partial charge in [0, 0.05) is 11.3 Å². The summed E-state index contributed by atoms with van der Waals surface area (Å²) in [5, 5.41) is 0.